The number of likely N-dealkylation sites (N-methyl/N-ethyl adjacent to an activating group) is 1. The summed E-state index contributed by atoms with van der Waals surface area (Å²) in [7, 11) is 2.06. The molecule has 1 heterocycles. The minimum absolute atomic E-state index is 0.330. The lowest BCUT2D eigenvalue weighted by Crippen LogP contribution is -2.34. The molecule has 1 aromatic carbocycles. The van der Waals surface area contributed by atoms with Gasteiger partial charge >= 0.3 is 0 Å². The summed E-state index contributed by atoms with van der Waals surface area (Å²) >= 11 is 0. The lowest BCUT2D eigenvalue weighted by Gasteiger charge is -2.32. The summed E-state index contributed by atoms with van der Waals surface area (Å²) in [6, 6.07) is 7.26. The van der Waals surface area contributed by atoms with Gasteiger partial charge in [-0.25, -0.2) is 0 Å². The van der Waals surface area contributed by atoms with Gasteiger partial charge in [0.15, 0.2) is 0 Å². The second-order valence-electron chi connectivity index (χ2n) is 5.41. The summed E-state index contributed by atoms with van der Waals surface area (Å²) in [5, 5.41) is 3.49. The van der Waals surface area contributed by atoms with Crippen LogP contribution in [-0.2, 0) is 17.6 Å². The molecule has 2 rings (SSSR count). The average Bonchev–Trinajstić information content (AvgIpc) is 2.49. The predicted octanol–water partition coefficient (Wildman–Crippen LogP) is 3.64. The van der Waals surface area contributed by atoms with Gasteiger partial charge in [-0.3, -0.25) is 0 Å². The van der Waals surface area contributed by atoms with Crippen molar-refractivity contribution in [1.29, 1.82) is 0 Å². The first-order valence-corrected chi connectivity index (χ1v) is 7.70. The monoisotopic (exact) mass is 261 g/mol. The van der Waals surface area contributed by atoms with Crippen molar-refractivity contribution in [3.05, 3.63) is 34.9 Å². The summed E-state index contributed by atoms with van der Waals surface area (Å²) in [4.78, 5) is 0. The van der Waals surface area contributed by atoms with E-state index in [4.69, 9.17) is 4.74 Å². The molecule has 2 unspecified atom stereocenters. The molecule has 1 saturated heterocycles. The Labute approximate surface area is 117 Å². The quantitative estimate of drug-likeness (QED) is 0.873. The van der Waals surface area contributed by atoms with Crippen molar-refractivity contribution in [3.63, 3.8) is 0 Å². The zero-order valence-electron chi connectivity index (χ0n) is 12.5. The van der Waals surface area contributed by atoms with E-state index in [1.807, 2.05) is 0 Å². The number of benzene rings is 1. The summed E-state index contributed by atoms with van der Waals surface area (Å²) in [5.41, 5.74) is 4.31. The van der Waals surface area contributed by atoms with Crippen LogP contribution in [0.5, 0.6) is 0 Å². The molecule has 106 valence electrons. The summed E-state index contributed by atoms with van der Waals surface area (Å²) in [6.45, 7) is 5.37. The first-order chi connectivity index (χ1) is 9.30. The maximum atomic E-state index is 6.00. The first-order valence-electron chi connectivity index (χ1n) is 7.70. The molecule has 0 aromatic heterocycles. The molecule has 1 N–H and O–H groups in total. The van der Waals surface area contributed by atoms with E-state index in [0.29, 0.717) is 12.1 Å². The van der Waals surface area contributed by atoms with E-state index in [9.17, 15) is 0 Å². The highest BCUT2D eigenvalue weighted by Crippen LogP contribution is 2.29. The van der Waals surface area contributed by atoms with Gasteiger partial charge in [0.1, 0.15) is 0 Å². The van der Waals surface area contributed by atoms with Gasteiger partial charge in [0.05, 0.1) is 12.1 Å². The second kappa shape index (κ2) is 7.06. The predicted molar refractivity (Wildman–Crippen MR) is 80.6 cm³/mol. The van der Waals surface area contributed by atoms with Crippen molar-refractivity contribution in [2.24, 2.45) is 0 Å². The Morgan fingerprint density at radius 3 is 2.68 bits per heavy atom. The van der Waals surface area contributed by atoms with E-state index in [0.717, 1.165) is 19.4 Å². The van der Waals surface area contributed by atoms with Gasteiger partial charge in [0.25, 0.3) is 0 Å². The van der Waals surface area contributed by atoms with Crippen molar-refractivity contribution in [1.82, 2.24) is 5.32 Å². The third-order valence-electron chi connectivity index (χ3n) is 4.23. The standard InChI is InChI=1S/C17H27NO/c1-4-13-9-10-14(5-2)15(12-13)17(18-3)16-8-6-7-11-19-16/h9-10,12,16-18H,4-8,11H2,1-3H3. The molecule has 1 aliphatic rings. The minimum atomic E-state index is 0.330. The van der Waals surface area contributed by atoms with Gasteiger partial charge in [-0.15, -0.1) is 0 Å². The molecular formula is C17H27NO. The Kier molecular flexibility index (Phi) is 5.41. The minimum Gasteiger partial charge on any atom is -0.376 e. The van der Waals surface area contributed by atoms with E-state index in [-0.39, 0.29) is 0 Å². The summed E-state index contributed by atoms with van der Waals surface area (Å²) in [6.07, 6.45) is 6.19. The van der Waals surface area contributed by atoms with E-state index in [1.165, 1.54) is 36.0 Å². The molecule has 0 spiro atoms. The fourth-order valence-electron chi connectivity index (χ4n) is 3.05. The second-order valence-corrected chi connectivity index (χ2v) is 5.41. The van der Waals surface area contributed by atoms with Crippen LogP contribution in [0.3, 0.4) is 0 Å². The molecule has 1 aromatic rings. The normalized spacial score (nSPS) is 21.3. The van der Waals surface area contributed by atoms with Crippen LogP contribution in [0.25, 0.3) is 0 Å². The average molecular weight is 261 g/mol. The lowest BCUT2D eigenvalue weighted by atomic mass is 9.90. The smallest absolute Gasteiger partial charge is 0.0769 e. The highest BCUT2D eigenvalue weighted by atomic mass is 16.5. The SMILES string of the molecule is CCc1ccc(CC)c(C(NC)C2CCCCO2)c1. The number of ether oxygens (including phenoxy) is 1. The van der Waals surface area contributed by atoms with E-state index >= 15 is 0 Å². The fourth-order valence-corrected chi connectivity index (χ4v) is 3.05. The van der Waals surface area contributed by atoms with Crippen molar-refractivity contribution >= 4 is 0 Å². The van der Waals surface area contributed by atoms with Gasteiger partial charge in [-0.1, -0.05) is 32.0 Å². The van der Waals surface area contributed by atoms with E-state index < -0.39 is 0 Å². The zero-order chi connectivity index (χ0) is 13.7. The van der Waals surface area contributed by atoms with Crippen LogP contribution in [0.1, 0.15) is 55.8 Å². The molecule has 1 fully saturated rings. The molecule has 0 amide bonds. The van der Waals surface area contributed by atoms with Crippen LogP contribution in [0.15, 0.2) is 18.2 Å². The third-order valence-corrected chi connectivity index (χ3v) is 4.23. The first kappa shape index (κ1) is 14.5. The molecule has 1 aliphatic heterocycles. The van der Waals surface area contributed by atoms with Crippen LogP contribution in [0.2, 0.25) is 0 Å². The number of hydrogen-bond acceptors (Lipinski definition) is 2. The van der Waals surface area contributed by atoms with E-state index in [1.54, 1.807) is 0 Å². The Bertz CT molecular complexity index is 396. The van der Waals surface area contributed by atoms with Crippen LogP contribution in [-0.4, -0.2) is 19.8 Å². The third kappa shape index (κ3) is 3.37. The number of nitrogens with one attached hydrogen (secondary N) is 1. The number of rotatable bonds is 5. The van der Waals surface area contributed by atoms with Crippen molar-refractivity contribution < 1.29 is 4.74 Å². The molecule has 2 nitrogen and oxygen atoms in total. The maximum absolute atomic E-state index is 6.00. The Hall–Kier alpha value is -0.860. The molecular weight excluding hydrogens is 234 g/mol. The van der Waals surface area contributed by atoms with Gasteiger partial charge in [0, 0.05) is 6.61 Å². The summed E-state index contributed by atoms with van der Waals surface area (Å²) in [5.74, 6) is 0. The Balaban J connectivity index is 2.29. The van der Waals surface area contributed by atoms with Crippen molar-refractivity contribution in [2.45, 2.75) is 58.1 Å². The number of aryl methyl sites for hydroxylation is 2. The van der Waals surface area contributed by atoms with Crippen LogP contribution in [0, 0.1) is 0 Å². The van der Waals surface area contributed by atoms with Gasteiger partial charge in [-0.2, -0.15) is 0 Å². The molecule has 0 bridgehead atoms. The highest BCUT2D eigenvalue weighted by Gasteiger charge is 2.26. The largest absolute Gasteiger partial charge is 0.376 e. The number of hydrogen-bond donors (Lipinski definition) is 1. The molecule has 2 heteroatoms. The molecule has 2 atom stereocenters. The van der Waals surface area contributed by atoms with Crippen LogP contribution < -0.4 is 5.32 Å². The van der Waals surface area contributed by atoms with Crippen LogP contribution in [0.4, 0.5) is 0 Å². The van der Waals surface area contributed by atoms with E-state index in [2.05, 4.69) is 44.4 Å². The molecule has 19 heavy (non-hydrogen) atoms. The van der Waals surface area contributed by atoms with Gasteiger partial charge in [0.2, 0.25) is 0 Å². The fraction of sp³-hybridized carbons (Fsp3) is 0.647. The summed E-state index contributed by atoms with van der Waals surface area (Å²) < 4.78 is 6.00. The molecule has 0 radical (unpaired) electrons. The molecule has 0 aliphatic carbocycles. The van der Waals surface area contributed by atoms with Crippen molar-refractivity contribution in [2.75, 3.05) is 13.7 Å². The Morgan fingerprint density at radius 2 is 2.11 bits per heavy atom. The molecule has 0 saturated carbocycles. The zero-order valence-corrected chi connectivity index (χ0v) is 12.5. The highest BCUT2D eigenvalue weighted by molar-refractivity contribution is 5.35. The van der Waals surface area contributed by atoms with Crippen molar-refractivity contribution in [3.8, 4) is 0 Å². The lowest BCUT2D eigenvalue weighted by molar-refractivity contribution is -0.00679. The van der Waals surface area contributed by atoms with Crippen LogP contribution >= 0.6 is 0 Å². The van der Waals surface area contributed by atoms with Gasteiger partial charge < -0.3 is 10.1 Å². The Morgan fingerprint density at radius 1 is 1.26 bits per heavy atom. The maximum Gasteiger partial charge on any atom is 0.0769 e. The van der Waals surface area contributed by atoms with Gasteiger partial charge in [-0.05, 0) is 55.8 Å². The topological polar surface area (TPSA) is 21.3 Å².